The van der Waals surface area contributed by atoms with Crippen molar-refractivity contribution in [2.24, 2.45) is 5.92 Å². The summed E-state index contributed by atoms with van der Waals surface area (Å²) < 4.78 is 0. The first-order valence-electron chi connectivity index (χ1n) is 4.38. The summed E-state index contributed by atoms with van der Waals surface area (Å²) in [5, 5.41) is 8.34. The molecule has 66 valence electrons. The minimum Gasteiger partial charge on any atom is -0.342 e. The molecule has 1 aliphatic rings. The lowest BCUT2D eigenvalue weighted by molar-refractivity contribution is -0.131. The molecule has 1 atom stereocenters. The highest BCUT2D eigenvalue weighted by atomic mass is 16.2. The minimum atomic E-state index is -0.0101. The Balaban J connectivity index is 2.41. The van der Waals surface area contributed by atoms with Gasteiger partial charge in [-0.15, -0.1) is 0 Å². The van der Waals surface area contributed by atoms with Crippen molar-refractivity contribution in [3.63, 3.8) is 0 Å². The molecule has 3 heteroatoms. The molecule has 3 nitrogen and oxygen atoms in total. The normalized spacial score (nSPS) is 23.3. The van der Waals surface area contributed by atoms with Gasteiger partial charge in [0.1, 0.15) is 6.42 Å². The first-order valence-corrected chi connectivity index (χ1v) is 4.38. The lowest BCUT2D eigenvalue weighted by Crippen LogP contribution is -2.38. The molecular weight excluding hydrogens is 152 g/mol. The molecule has 0 bridgehead atoms. The number of likely N-dealkylation sites (tertiary alicyclic amines) is 1. The third-order valence-electron chi connectivity index (χ3n) is 2.24. The van der Waals surface area contributed by atoms with Crippen molar-refractivity contribution < 1.29 is 4.79 Å². The van der Waals surface area contributed by atoms with E-state index in [1.54, 1.807) is 4.90 Å². The smallest absolute Gasteiger partial charge is 0.236 e. The van der Waals surface area contributed by atoms with Gasteiger partial charge in [0.05, 0.1) is 6.07 Å². The molecule has 0 radical (unpaired) electrons. The van der Waals surface area contributed by atoms with Gasteiger partial charge in [-0.2, -0.15) is 5.26 Å². The van der Waals surface area contributed by atoms with E-state index in [1.807, 2.05) is 6.07 Å². The van der Waals surface area contributed by atoms with Gasteiger partial charge in [0.25, 0.3) is 0 Å². The van der Waals surface area contributed by atoms with Crippen LogP contribution in [0.3, 0.4) is 0 Å². The summed E-state index contributed by atoms with van der Waals surface area (Å²) in [6.07, 6.45) is 2.32. The second-order valence-corrected chi connectivity index (χ2v) is 3.42. The Morgan fingerprint density at radius 2 is 2.50 bits per heavy atom. The molecule has 0 saturated carbocycles. The Kier molecular flexibility index (Phi) is 3.09. The van der Waals surface area contributed by atoms with Crippen molar-refractivity contribution in [2.75, 3.05) is 13.1 Å². The van der Waals surface area contributed by atoms with Gasteiger partial charge in [0, 0.05) is 13.1 Å². The summed E-state index contributed by atoms with van der Waals surface area (Å²) in [4.78, 5) is 13.1. The highest BCUT2D eigenvalue weighted by Gasteiger charge is 2.19. The number of nitriles is 1. The van der Waals surface area contributed by atoms with Crippen LogP contribution < -0.4 is 0 Å². The maximum atomic E-state index is 11.2. The zero-order valence-electron chi connectivity index (χ0n) is 7.42. The van der Waals surface area contributed by atoms with Gasteiger partial charge >= 0.3 is 0 Å². The number of amides is 1. The van der Waals surface area contributed by atoms with Crippen molar-refractivity contribution in [3.8, 4) is 6.07 Å². The summed E-state index contributed by atoms with van der Waals surface area (Å²) in [5.74, 6) is 0.588. The summed E-state index contributed by atoms with van der Waals surface area (Å²) in [5.41, 5.74) is 0. The van der Waals surface area contributed by atoms with E-state index in [-0.39, 0.29) is 12.3 Å². The Morgan fingerprint density at radius 1 is 1.75 bits per heavy atom. The molecule has 1 rings (SSSR count). The van der Waals surface area contributed by atoms with Crippen molar-refractivity contribution in [1.29, 1.82) is 5.26 Å². The molecule has 12 heavy (non-hydrogen) atoms. The van der Waals surface area contributed by atoms with Crippen LogP contribution in [-0.4, -0.2) is 23.9 Å². The van der Waals surface area contributed by atoms with Crippen molar-refractivity contribution in [1.82, 2.24) is 4.90 Å². The third kappa shape index (κ3) is 2.23. The number of nitrogens with zero attached hydrogens (tertiary/aromatic N) is 2. The monoisotopic (exact) mass is 166 g/mol. The highest BCUT2D eigenvalue weighted by Crippen LogP contribution is 2.15. The second-order valence-electron chi connectivity index (χ2n) is 3.42. The average Bonchev–Trinajstić information content (AvgIpc) is 2.05. The number of piperidine rings is 1. The zero-order chi connectivity index (χ0) is 8.97. The predicted octanol–water partition coefficient (Wildman–Crippen LogP) is 1.16. The molecule has 1 heterocycles. The van der Waals surface area contributed by atoms with E-state index in [2.05, 4.69) is 6.92 Å². The van der Waals surface area contributed by atoms with Crippen LogP contribution >= 0.6 is 0 Å². The van der Waals surface area contributed by atoms with E-state index in [4.69, 9.17) is 5.26 Å². The molecule has 1 saturated heterocycles. The maximum Gasteiger partial charge on any atom is 0.236 e. The van der Waals surface area contributed by atoms with Crippen LogP contribution in [-0.2, 0) is 4.79 Å². The number of carbonyl (C=O) groups is 1. The van der Waals surface area contributed by atoms with Gasteiger partial charge in [-0.3, -0.25) is 4.79 Å². The molecule has 0 aliphatic carbocycles. The molecule has 0 aromatic heterocycles. The quantitative estimate of drug-likeness (QED) is 0.586. The fraction of sp³-hybridized carbons (Fsp3) is 0.778. The van der Waals surface area contributed by atoms with Crippen LogP contribution in [0.15, 0.2) is 0 Å². The van der Waals surface area contributed by atoms with Crippen molar-refractivity contribution in [2.45, 2.75) is 26.2 Å². The minimum absolute atomic E-state index is 0.0101. The van der Waals surface area contributed by atoms with Crippen molar-refractivity contribution in [3.05, 3.63) is 0 Å². The molecule has 0 N–H and O–H groups in total. The Bertz CT molecular complexity index is 207. The average molecular weight is 166 g/mol. The first kappa shape index (κ1) is 9.05. The molecule has 0 aromatic carbocycles. The lowest BCUT2D eigenvalue weighted by Gasteiger charge is -2.30. The first-order chi connectivity index (χ1) is 5.74. The molecular formula is C9H14N2O. The fourth-order valence-electron chi connectivity index (χ4n) is 1.60. The fourth-order valence-corrected chi connectivity index (χ4v) is 1.60. The molecule has 0 spiro atoms. The van der Waals surface area contributed by atoms with E-state index in [9.17, 15) is 4.79 Å². The highest BCUT2D eigenvalue weighted by molar-refractivity contribution is 5.78. The molecule has 1 aliphatic heterocycles. The number of hydrogen-bond acceptors (Lipinski definition) is 2. The summed E-state index contributed by atoms with van der Waals surface area (Å²) in [7, 11) is 0. The van der Waals surface area contributed by atoms with Crippen LogP contribution in [0.25, 0.3) is 0 Å². The van der Waals surface area contributed by atoms with Crippen LogP contribution in [0.2, 0.25) is 0 Å². The predicted molar refractivity (Wildman–Crippen MR) is 45.2 cm³/mol. The van der Waals surface area contributed by atoms with Gasteiger partial charge < -0.3 is 4.90 Å². The van der Waals surface area contributed by atoms with Crippen LogP contribution in [0.5, 0.6) is 0 Å². The Hall–Kier alpha value is -1.04. The largest absolute Gasteiger partial charge is 0.342 e. The molecule has 1 fully saturated rings. The SMILES string of the molecule is C[C@H]1CCCN(C(=O)CC#N)C1. The lowest BCUT2D eigenvalue weighted by atomic mass is 10.0. The van der Waals surface area contributed by atoms with E-state index in [0.717, 1.165) is 19.5 Å². The summed E-state index contributed by atoms with van der Waals surface area (Å²) >= 11 is 0. The maximum absolute atomic E-state index is 11.2. The van der Waals surface area contributed by atoms with Gasteiger partial charge in [-0.1, -0.05) is 6.92 Å². The molecule has 0 aromatic rings. The van der Waals surface area contributed by atoms with Gasteiger partial charge in [-0.25, -0.2) is 0 Å². The van der Waals surface area contributed by atoms with Crippen LogP contribution in [0, 0.1) is 17.2 Å². The summed E-state index contributed by atoms with van der Waals surface area (Å²) in [6, 6.07) is 1.89. The van der Waals surface area contributed by atoms with Crippen LogP contribution in [0.4, 0.5) is 0 Å². The van der Waals surface area contributed by atoms with Gasteiger partial charge in [0.2, 0.25) is 5.91 Å². The van der Waals surface area contributed by atoms with Gasteiger partial charge in [-0.05, 0) is 18.8 Å². The second kappa shape index (κ2) is 4.10. The standard InChI is InChI=1S/C9H14N2O/c1-8-3-2-6-11(7-8)9(12)4-5-10/h8H,2-4,6-7H2,1H3/t8-/m0/s1. The number of hydrogen-bond donors (Lipinski definition) is 0. The zero-order valence-corrected chi connectivity index (χ0v) is 7.42. The number of rotatable bonds is 1. The third-order valence-corrected chi connectivity index (χ3v) is 2.24. The Labute approximate surface area is 73.0 Å². The van der Waals surface area contributed by atoms with Crippen LogP contribution in [0.1, 0.15) is 26.2 Å². The van der Waals surface area contributed by atoms with Gasteiger partial charge in [0.15, 0.2) is 0 Å². The number of carbonyl (C=O) groups excluding carboxylic acids is 1. The van der Waals surface area contributed by atoms with Crippen molar-refractivity contribution >= 4 is 5.91 Å². The van der Waals surface area contributed by atoms with E-state index < -0.39 is 0 Å². The van der Waals surface area contributed by atoms with E-state index in [1.165, 1.54) is 6.42 Å². The molecule has 0 unspecified atom stereocenters. The summed E-state index contributed by atoms with van der Waals surface area (Å²) in [6.45, 7) is 3.82. The van der Waals surface area contributed by atoms with E-state index in [0.29, 0.717) is 5.92 Å². The topological polar surface area (TPSA) is 44.1 Å². The molecule has 1 amide bonds. The van der Waals surface area contributed by atoms with E-state index >= 15 is 0 Å². The Morgan fingerprint density at radius 3 is 3.08 bits per heavy atom.